The fourth-order valence-electron chi connectivity index (χ4n) is 2.77. The van der Waals surface area contributed by atoms with Crippen molar-refractivity contribution in [1.29, 1.82) is 0 Å². The summed E-state index contributed by atoms with van der Waals surface area (Å²) in [6.07, 6.45) is 2.87. The molecule has 3 atom stereocenters. The van der Waals surface area contributed by atoms with Gasteiger partial charge >= 0.3 is 5.97 Å². The second-order valence-corrected chi connectivity index (χ2v) is 6.39. The number of carboxylic acids is 1. The normalized spacial score (nSPS) is 18.7. The standard InChI is InChI=1S/C16H29N5O5/c17-8-2-1-4-12(21-15(25)11-5-3-9-19-11)16(26)20-10(14(18)24)6-7-13(22)23/h10-12,19H,1-9,17H2,(H2,18,24)(H,20,26)(H,21,25)(H,22,23)/t10-,11-,12-/m0/s1. The third kappa shape index (κ3) is 7.79. The number of carbonyl (C=O) groups excluding carboxylic acids is 3. The molecule has 0 unspecified atom stereocenters. The maximum atomic E-state index is 12.5. The minimum atomic E-state index is -1.10. The minimum absolute atomic E-state index is 0.107. The Labute approximate surface area is 152 Å². The molecule has 0 aromatic heterocycles. The Bertz CT molecular complexity index is 507. The highest BCUT2D eigenvalue weighted by atomic mass is 16.4. The Morgan fingerprint density at radius 2 is 1.85 bits per heavy atom. The molecule has 0 bridgehead atoms. The van der Waals surface area contributed by atoms with E-state index in [1.165, 1.54) is 0 Å². The summed E-state index contributed by atoms with van der Waals surface area (Å²) in [6, 6.07) is -2.26. The van der Waals surface area contributed by atoms with Gasteiger partial charge < -0.3 is 32.5 Å². The summed E-state index contributed by atoms with van der Waals surface area (Å²) >= 11 is 0. The van der Waals surface area contributed by atoms with E-state index in [0.29, 0.717) is 32.2 Å². The zero-order valence-electron chi connectivity index (χ0n) is 14.8. The molecular formula is C16H29N5O5. The van der Waals surface area contributed by atoms with Crippen LogP contribution < -0.4 is 27.4 Å². The van der Waals surface area contributed by atoms with Crippen LogP contribution in [0.1, 0.15) is 44.9 Å². The van der Waals surface area contributed by atoms with Gasteiger partial charge in [0.2, 0.25) is 17.7 Å². The van der Waals surface area contributed by atoms with E-state index in [1.54, 1.807) is 0 Å². The summed E-state index contributed by atoms with van der Waals surface area (Å²) in [5.41, 5.74) is 10.7. The molecule has 10 nitrogen and oxygen atoms in total. The zero-order valence-corrected chi connectivity index (χ0v) is 14.8. The first-order valence-electron chi connectivity index (χ1n) is 8.90. The van der Waals surface area contributed by atoms with Crippen molar-refractivity contribution >= 4 is 23.7 Å². The summed E-state index contributed by atoms with van der Waals surface area (Å²) < 4.78 is 0. The fourth-order valence-corrected chi connectivity index (χ4v) is 2.77. The lowest BCUT2D eigenvalue weighted by atomic mass is 10.1. The smallest absolute Gasteiger partial charge is 0.303 e. The van der Waals surface area contributed by atoms with Crippen LogP contribution in [0, 0.1) is 0 Å². The summed E-state index contributed by atoms with van der Waals surface area (Å²) in [4.78, 5) is 46.9. The lowest BCUT2D eigenvalue weighted by molar-refractivity contribution is -0.138. The highest BCUT2D eigenvalue weighted by Gasteiger charge is 2.29. The Morgan fingerprint density at radius 3 is 2.38 bits per heavy atom. The molecule has 1 rings (SSSR count). The predicted molar refractivity (Wildman–Crippen MR) is 93.9 cm³/mol. The Balaban J connectivity index is 2.69. The van der Waals surface area contributed by atoms with Gasteiger partial charge in [0, 0.05) is 6.42 Å². The van der Waals surface area contributed by atoms with Gasteiger partial charge in [-0.2, -0.15) is 0 Å². The number of primary amides is 1. The van der Waals surface area contributed by atoms with Crippen molar-refractivity contribution in [2.45, 2.75) is 63.1 Å². The molecular weight excluding hydrogens is 342 g/mol. The summed E-state index contributed by atoms with van der Waals surface area (Å²) in [5.74, 6) is -2.73. The van der Waals surface area contributed by atoms with Crippen LogP contribution >= 0.6 is 0 Å². The molecule has 1 heterocycles. The maximum Gasteiger partial charge on any atom is 0.303 e. The van der Waals surface area contributed by atoms with Crippen LogP contribution in [0.5, 0.6) is 0 Å². The number of nitrogens with two attached hydrogens (primary N) is 2. The molecule has 148 valence electrons. The molecule has 1 fully saturated rings. The van der Waals surface area contributed by atoms with Crippen molar-refractivity contribution in [2.24, 2.45) is 11.5 Å². The number of aliphatic carboxylic acids is 1. The molecule has 0 aliphatic carbocycles. The van der Waals surface area contributed by atoms with Crippen LogP contribution in [0.25, 0.3) is 0 Å². The van der Waals surface area contributed by atoms with Gasteiger partial charge in [0.05, 0.1) is 6.04 Å². The van der Waals surface area contributed by atoms with Crippen LogP contribution in [0.3, 0.4) is 0 Å². The fraction of sp³-hybridized carbons (Fsp3) is 0.750. The lowest BCUT2D eigenvalue weighted by Gasteiger charge is -2.23. The molecule has 1 aliphatic rings. The van der Waals surface area contributed by atoms with E-state index in [4.69, 9.17) is 16.6 Å². The molecule has 0 radical (unpaired) electrons. The second-order valence-electron chi connectivity index (χ2n) is 6.39. The SMILES string of the molecule is NCCCC[C@H](NC(=O)[C@@H]1CCCN1)C(=O)N[C@@H](CCC(=O)O)C(N)=O. The van der Waals surface area contributed by atoms with Crippen LogP contribution in [-0.2, 0) is 19.2 Å². The lowest BCUT2D eigenvalue weighted by Crippen LogP contribution is -2.55. The predicted octanol–water partition coefficient (Wildman–Crippen LogP) is -1.81. The molecule has 0 saturated carbocycles. The van der Waals surface area contributed by atoms with E-state index in [2.05, 4.69) is 16.0 Å². The number of hydrogen-bond donors (Lipinski definition) is 6. The van der Waals surface area contributed by atoms with Gasteiger partial charge in [-0.3, -0.25) is 19.2 Å². The molecule has 3 amide bonds. The average molecular weight is 371 g/mol. The van der Waals surface area contributed by atoms with Crippen molar-refractivity contribution in [1.82, 2.24) is 16.0 Å². The van der Waals surface area contributed by atoms with Gasteiger partial charge in [-0.25, -0.2) is 0 Å². The van der Waals surface area contributed by atoms with Crippen LogP contribution in [0.15, 0.2) is 0 Å². The maximum absolute atomic E-state index is 12.5. The van der Waals surface area contributed by atoms with E-state index >= 15 is 0 Å². The first kappa shape index (κ1) is 21.8. The van der Waals surface area contributed by atoms with E-state index in [1.807, 2.05) is 0 Å². The Morgan fingerprint density at radius 1 is 1.12 bits per heavy atom. The van der Waals surface area contributed by atoms with E-state index in [0.717, 1.165) is 13.0 Å². The molecule has 0 aromatic rings. The molecule has 0 spiro atoms. The number of hydrogen-bond acceptors (Lipinski definition) is 6. The van der Waals surface area contributed by atoms with Crippen molar-refractivity contribution < 1.29 is 24.3 Å². The van der Waals surface area contributed by atoms with Gasteiger partial charge in [0.1, 0.15) is 12.1 Å². The number of rotatable bonds is 12. The quantitative estimate of drug-likeness (QED) is 0.219. The largest absolute Gasteiger partial charge is 0.481 e. The summed E-state index contributed by atoms with van der Waals surface area (Å²) in [5, 5.41) is 16.9. The monoisotopic (exact) mass is 371 g/mol. The Hall–Kier alpha value is -2.20. The minimum Gasteiger partial charge on any atom is -0.481 e. The molecule has 1 saturated heterocycles. The van der Waals surface area contributed by atoms with Gasteiger partial charge in [-0.05, 0) is 51.6 Å². The highest BCUT2D eigenvalue weighted by molar-refractivity contribution is 5.92. The Kier molecular flexibility index (Phi) is 9.60. The third-order valence-corrected chi connectivity index (χ3v) is 4.26. The third-order valence-electron chi connectivity index (χ3n) is 4.26. The first-order chi connectivity index (χ1) is 12.3. The summed E-state index contributed by atoms with van der Waals surface area (Å²) in [6.45, 7) is 1.22. The van der Waals surface area contributed by atoms with Gasteiger partial charge in [0.15, 0.2) is 0 Å². The van der Waals surface area contributed by atoms with Crippen molar-refractivity contribution in [2.75, 3.05) is 13.1 Å². The highest BCUT2D eigenvalue weighted by Crippen LogP contribution is 2.08. The van der Waals surface area contributed by atoms with Crippen molar-refractivity contribution in [3.8, 4) is 0 Å². The summed E-state index contributed by atoms with van der Waals surface area (Å²) in [7, 11) is 0. The topological polar surface area (TPSA) is 177 Å². The number of nitrogens with one attached hydrogen (secondary N) is 3. The number of carbonyl (C=O) groups is 4. The van der Waals surface area contributed by atoms with Crippen LogP contribution in [0.2, 0.25) is 0 Å². The molecule has 8 N–H and O–H groups in total. The van der Waals surface area contributed by atoms with Crippen molar-refractivity contribution in [3.63, 3.8) is 0 Å². The van der Waals surface area contributed by atoms with E-state index in [9.17, 15) is 19.2 Å². The van der Waals surface area contributed by atoms with Crippen LogP contribution in [0.4, 0.5) is 0 Å². The molecule has 0 aromatic carbocycles. The number of unbranched alkanes of at least 4 members (excludes halogenated alkanes) is 1. The average Bonchev–Trinajstić information content (AvgIpc) is 3.11. The molecule has 26 heavy (non-hydrogen) atoms. The van der Waals surface area contributed by atoms with Crippen molar-refractivity contribution in [3.05, 3.63) is 0 Å². The first-order valence-corrected chi connectivity index (χ1v) is 8.90. The van der Waals surface area contributed by atoms with E-state index < -0.39 is 29.9 Å². The molecule has 10 heteroatoms. The number of carboxylic acid groups (broad SMARTS) is 1. The molecule has 1 aliphatic heterocycles. The number of amides is 3. The van der Waals surface area contributed by atoms with Crippen LogP contribution in [-0.4, -0.2) is 60.0 Å². The zero-order chi connectivity index (χ0) is 19.5. The van der Waals surface area contributed by atoms with E-state index in [-0.39, 0.29) is 24.8 Å². The van der Waals surface area contributed by atoms with Gasteiger partial charge in [-0.15, -0.1) is 0 Å². The second kappa shape index (κ2) is 11.4. The van der Waals surface area contributed by atoms with Gasteiger partial charge in [-0.1, -0.05) is 0 Å². The van der Waals surface area contributed by atoms with Gasteiger partial charge in [0.25, 0.3) is 0 Å².